The first-order valence-corrected chi connectivity index (χ1v) is 12.5. The largest absolute Gasteiger partial charge is 0.461 e. The number of carbonyl (C=O) groups excluding carboxylic acids is 1. The Morgan fingerprint density at radius 1 is 0.824 bits per heavy atom. The van der Waals surface area contributed by atoms with Gasteiger partial charge in [0.2, 0.25) is 11.7 Å². The van der Waals surface area contributed by atoms with Crippen molar-refractivity contribution in [2.75, 3.05) is 10.7 Å². The van der Waals surface area contributed by atoms with Crippen LogP contribution in [0, 0.1) is 0 Å². The highest BCUT2D eigenvalue weighted by Gasteiger charge is 2.28. The Hall–Kier alpha value is -3.75. The van der Waals surface area contributed by atoms with Crippen molar-refractivity contribution in [3.05, 3.63) is 97.3 Å². The fourth-order valence-electron chi connectivity index (χ4n) is 3.90. The number of aromatic nitrogens is 3. The third-order valence-electron chi connectivity index (χ3n) is 5.40. The average molecular weight is 483 g/mol. The maximum absolute atomic E-state index is 13.6. The number of rotatable bonds is 5. The van der Waals surface area contributed by atoms with Crippen molar-refractivity contribution in [2.45, 2.75) is 14.9 Å². The SMILES string of the molecule is O=C(CSc1nnc(-c2ccco2)n1-c1ccccc1)N1c2ccccc2Sc2ccccc21. The molecule has 3 heterocycles. The molecule has 1 aliphatic rings. The van der Waals surface area contributed by atoms with Gasteiger partial charge in [0.05, 0.1) is 23.4 Å². The molecule has 166 valence electrons. The van der Waals surface area contributed by atoms with Crippen LogP contribution < -0.4 is 4.90 Å². The van der Waals surface area contributed by atoms with Gasteiger partial charge >= 0.3 is 0 Å². The average Bonchev–Trinajstić information content (AvgIpc) is 3.56. The highest BCUT2D eigenvalue weighted by molar-refractivity contribution is 8.00. The Morgan fingerprint density at radius 3 is 2.18 bits per heavy atom. The van der Waals surface area contributed by atoms with Gasteiger partial charge in [-0.15, -0.1) is 10.2 Å². The van der Waals surface area contributed by atoms with E-state index in [0.29, 0.717) is 16.7 Å². The molecule has 1 amide bonds. The quantitative estimate of drug-likeness (QED) is 0.268. The lowest BCUT2D eigenvalue weighted by molar-refractivity contribution is -0.115. The molecule has 5 aromatic rings. The second kappa shape index (κ2) is 8.89. The smallest absolute Gasteiger partial charge is 0.242 e. The summed E-state index contributed by atoms with van der Waals surface area (Å²) in [6.07, 6.45) is 1.61. The van der Waals surface area contributed by atoms with Crippen LogP contribution in [0.1, 0.15) is 0 Å². The highest BCUT2D eigenvalue weighted by atomic mass is 32.2. The molecule has 34 heavy (non-hydrogen) atoms. The van der Waals surface area contributed by atoms with Gasteiger partial charge in [-0.2, -0.15) is 0 Å². The zero-order valence-electron chi connectivity index (χ0n) is 17.9. The number of hydrogen-bond donors (Lipinski definition) is 0. The highest BCUT2D eigenvalue weighted by Crippen LogP contribution is 2.48. The Kier molecular flexibility index (Phi) is 5.44. The lowest BCUT2D eigenvalue weighted by Crippen LogP contribution is -2.30. The summed E-state index contributed by atoms with van der Waals surface area (Å²) in [6.45, 7) is 0. The minimum atomic E-state index is -0.0210. The van der Waals surface area contributed by atoms with E-state index < -0.39 is 0 Å². The van der Waals surface area contributed by atoms with Crippen LogP contribution in [0.25, 0.3) is 17.3 Å². The summed E-state index contributed by atoms with van der Waals surface area (Å²) in [6, 6.07) is 29.5. The van der Waals surface area contributed by atoms with Gasteiger partial charge in [0.15, 0.2) is 10.9 Å². The van der Waals surface area contributed by atoms with E-state index in [1.54, 1.807) is 18.0 Å². The van der Waals surface area contributed by atoms with Crippen LogP contribution in [0.4, 0.5) is 11.4 Å². The standard InChI is InChI=1S/C26H18N4O2S2/c31-24(30-19-11-4-6-14-22(19)34-23-15-7-5-12-20(23)30)17-33-26-28-27-25(21-13-8-16-32-21)29(26)18-9-2-1-3-10-18/h1-16H,17H2. The van der Waals surface area contributed by atoms with Crippen molar-refractivity contribution in [3.8, 4) is 17.3 Å². The fraction of sp³-hybridized carbons (Fsp3) is 0.0385. The molecule has 0 saturated carbocycles. The number of anilines is 2. The van der Waals surface area contributed by atoms with E-state index in [2.05, 4.69) is 10.2 Å². The molecule has 2 aromatic heterocycles. The van der Waals surface area contributed by atoms with Gasteiger partial charge in [-0.05, 0) is 48.5 Å². The number of furan rings is 1. The molecule has 0 radical (unpaired) electrons. The predicted octanol–water partition coefficient (Wildman–Crippen LogP) is 6.45. The normalized spacial score (nSPS) is 12.3. The number of para-hydroxylation sites is 3. The van der Waals surface area contributed by atoms with Crippen molar-refractivity contribution in [2.24, 2.45) is 0 Å². The van der Waals surface area contributed by atoms with E-state index in [9.17, 15) is 4.79 Å². The Labute approximate surface area is 204 Å². The summed E-state index contributed by atoms with van der Waals surface area (Å²) in [5.41, 5.74) is 2.70. The van der Waals surface area contributed by atoms with Gasteiger partial charge in [0.25, 0.3) is 0 Å². The first-order valence-electron chi connectivity index (χ1n) is 10.7. The molecule has 0 fully saturated rings. The molecular weight excluding hydrogens is 464 g/mol. The first-order chi connectivity index (χ1) is 16.8. The van der Waals surface area contributed by atoms with Crippen LogP contribution in [0.3, 0.4) is 0 Å². The van der Waals surface area contributed by atoms with Gasteiger partial charge in [-0.3, -0.25) is 14.3 Å². The first kappa shape index (κ1) is 20.8. The third kappa shape index (κ3) is 3.70. The number of hydrogen-bond acceptors (Lipinski definition) is 6. The monoisotopic (exact) mass is 482 g/mol. The van der Waals surface area contributed by atoms with E-state index in [-0.39, 0.29) is 11.7 Å². The van der Waals surface area contributed by atoms with Gasteiger partial charge in [-0.25, -0.2) is 0 Å². The number of carbonyl (C=O) groups is 1. The van der Waals surface area contributed by atoms with Crippen LogP contribution in [-0.4, -0.2) is 26.4 Å². The lowest BCUT2D eigenvalue weighted by atomic mass is 10.2. The molecule has 3 aromatic carbocycles. The molecule has 0 bridgehead atoms. The summed E-state index contributed by atoms with van der Waals surface area (Å²) < 4.78 is 7.51. The molecule has 0 saturated heterocycles. The minimum Gasteiger partial charge on any atom is -0.461 e. The molecule has 1 aliphatic heterocycles. The van der Waals surface area contributed by atoms with Gasteiger partial charge in [0, 0.05) is 15.5 Å². The van der Waals surface area contributed by atoms with Crippen LogP contribution in [0.15, 0.2) is 117 Å². The van der Waals surface area contributed by atoms with Gasteiger partial charge in [0.1, 0.15) is 0 Å². The number of fused-ring (bicyclic) bond motifs is 2. The summed E-state index contributed by atoms with van der Waals surface area (Å²) in [5.74, 6) is 1.39. The molecule has 0 unspecified atom stereocenters. The summed E-state index contributed by atoms with van der Waals surface area (Å²) in [5, 5.41) is 9.39. The van der Waals surface area contributed by atoms with Crippen molar-refractivity contribution >= 4 is 40.8 Å². The molecular formula is C26H18N4O2S2. The van der Waals surface area contributed by atoms with E-state index in [0.717, 1.165) is 26.9 Å². The lowest BCUT2D eigenvalue weighted by Gasteiger charge is -2.30. The van der Waals surface area contributed by atoms with E-state index in [4.69, 9.17) is 4.42 Å². The van der Waals surface area contributed by atoms with Crippen molar-refractivity contribution in [1.29, 1.82) is 0 Å². The van der Waals surface area contributed by atoms with Crippen molar-refractivity contribution in [3.63, 3.8) is 0 Å². The Morgan fingerprint density at radius 2 is 1.50 bits per heavy atom. The van der Waals surface area contributed by atoms with Crippen LogP contribution in [-0.2, 0) is 4.79 Å². The van der Waals surface area contributed by atoms with E-state index in [1.807, 2.05) is 100 Å². The number of thioether (sulfide) groups is 1. The van der Waals surface area contributed by atoms with Crippen molar-refractivity contribution in [1.82, 2.24) is 14.8 Å². The predicted molar refractivity (Wildman–Crippen MR) is 134 cm³/mol. The minimum absolute atomic E-state index is 0.0210. The van der Waals surface area contributed by atoms with E-state index >= 15 is 0 Å². The maximum Gasteiger partial charge on any atom is 0.242 e. The van der Waals surface area contributed by atoms with Crippen LogP contribution in [0.2, 0.25) is 0 Å². The molecule has 0 N–H and O–H groups in total. The Bertz CT molecular complexity index is 1420. The molecule has 0 atom stereocenters. The molecule has 6 rings (SSSR count). The van der Waals surface area contributed by atoms with Crippen LogP contribution in [0.5, 0.6) is 0 Å². The zero-order valence-corrected chi connectivity index (χ0v) is 19.5. The maximum atomic E-state index is 13.6. The summed E-state index contributed by atoms with van der Waals surface area (Å²) >= 11 is 3.04. The van der Waals surface area contributed by atoms with Crippen molar-refractivity contribution < 1.29 is 9.21 Å². The molecule has 8 heteroatoms. The van der Waals surface area contributed by atoms with E-state index in [1.165, 1.54) is 11.8 Å². The zero-order chi connectivity index (χ0) is 22.9. The number of amides is 1. The summed E-state index contributed by atoms with van der Waals surface area (Å²) in [4.78, 5) is 17.5. The molecule has 6 nitrogen and oxygen atoms in total. The topological polar surface area (TPSA) is 64.2 Å². The van der Waals surface area contributed by atoms with Gasteiger partial charge in [-0.1, -0.05) is 66.0 Å². The number of benzene rings is 3. The van der Waals surface area contributed by atoms with Gasteiger partial charge < -0.3 is 4.42 Å². The molecule has 0 spiro atoms. The fourth-order valence-corrected chi connectivity index (χ4v) is 5.76. The second-order valence-corrected chi connectivity index (χ2v) is 9.54. The number of nitrogens with zero attached hydrogens (tertiary/aromatic N) is 4. The second-order valence-electron chi connectivity index (χ2n) is 7.51. The summed E-state index contributed by atoms with van der Waals surface area (Å²) in [7, 11) is 0. The molecule has 0 aliphatic carbocycles. The van der Waals surface area contributed by atoms with Crippen LogP contribution >= 0.6 is 23.5 Å². The Balaban J connectivity index is 1.34. The third-order valence-corrected chi connectivity index (χ3v) is 7.44.